The lowest BCUT2D eigenvalue weighted by atomic mass is 9.81. The molecule has 0 aromatic heterocycles. The number of hydrogen-bond acceptors (Lipinski definition) is 2. The molecule has 0 aromatic rings. The van der Waals surface area contributed by atoms with Crippen molar-refractivity contribution in [3.05, 3.63) is 0 Å². The molecular weight excluding hydrogens is 280 g/mol. The van der Waals surface area contributed by atoms with E-state index in [1.807, 2.05) is 0 Å². The smallest absolute Gasteiger partial charge is 0.00672 e. The Morgan fingerprint density at radius 3 is 1.91 bits per heavy atom. The van der Waals surface area contributed by atoms with Crippen LogP contribution in [0.1, 0.15) is 97.8 Å². The molecule has 0 aliphatic heterocycles. The Hall–Kier alpha value is -0.0800. The Bertz CT molecular complexity index is 301. The van der Waals surface area contributed by atoms with Crippen LogP contribution in [0.3, 0.4) is 0 Å². The van der Waals surface area contributed by atoms with Gasteiger partial charge in [-0.3, -0.25) is 0 Å². The maximum absolute atomic E-state index is 3.86. The van der Waals surface area contributed by atoms with Crippen molar-refractivity contribution < 1.29 is 0 Å². The second kappa shape index (κ2) is 10.0. The van der Waals surface area contributed by atoms with E-state index in [-0.39, 0.29) is 0 Å². The quantitative estimate of drug-likeness (QED) is 0.604. The van der Waals surface area contributed by atoms with Crippen LogP contribution in [-0.2, 0) is 0 Å². The molecule has 0 bridgehead atoms. The molecule has 2 aliphatic carbocycles. The minimum Gasteiger partial charge on any atom is -0.314 e. The predicted octanol–water partition coefficient (Wildman–Crippen LogP) is 5.27. The summed E-state index contributed by atoms with van der Waals surface area (Å²) in [6.45, 7) is 9.77. The first-order valence-electron chi connectivity index (χ1n) is 10.5. The van der Waals surface area contributed by atoms with Crippen molar-refractivity contribution in [2.24, 2.45) is 11.3 Å². The summed E-state index contributed by atoms with van der Waals surface area (Å²) in [4.78, 5) is 0. The lowest BCUT2D eigenvalue weighted by Crippen LogP contribution is -2.39. The Labute approximate surface area is 145 Å². The van der Waals surface area contributed by atoms with Gasteiger partial charge in [0, 0.05) is 18.6 Å². The van der Waals surface area contributed by atoms with Gasteiger partial charge in [-0.2, -0.15) is 0 Å². The number of rotatable bonds is 9. The van der Waals surface area contributed by atoms with Gasteiger partial charge in [0.2, 0.25) is 0 Å². The predicted molar refractivity (Wildman–Crippen MR) is 102 cm³/mol. The minimum absolute atomic E-state index is 0.432. The van der Waals surface area contributed by atoms with E-state index < -0.39 is 0 Å². The molecule has 0 spiro atoms. The molecule has 2 aliphatic rings. The van der Waals surface area contributed by atoms with Gasteiger partial charge in [-0.15, -0.1) is 0 Å². The summed E-state index contributed by atoms with van der Waals surface area (Å²) in [5, 5.41) is 7.67. The average Bonchev–Trinajstić information content (AvgIpc) is 2.55. The highest BCUT2D eigenvalue weighted by molar-refractivity contribution is 4.80. The fourth-order valence-corrected chi connectivity index (χ4v) is 4.69. The third kappa shape index (κ3) is 8.03. The molecule has 2 N–H and O–H groups in total. The highest BCUT2D eigenvalue weighted by Gasteiger charge is 2.23. The molecule has 2 fully saturated rings. The molecule has 0 aromatic carbocycles. The first-order valence-corrected chi connectivity index (χ1v) is 10.5. The van der Waals surface area contributed by atoms with Gasteiger partial charge in [-0.1, -0.05) is 59.3 Å². The summed E-state index contributed by atoms with van der Waals surface area (Å²) in [5.41, 5.74) is 0.432. The minimum atomic E-state index is 0.432. The third-order valence-electron chi connectivity index (χ3n) is 6.05. The topological polar surface area (TPSA) is 24.1 Å². The van der Waals surface area contributed by atoms with Gasteiger partial charge in [0.25, 0.3) is 0 Å². The Morgan fingerprint density at radius 2 is 1.35 bits per heavy atom. The van der Waals surface area contributed by atoms with Crippen LogP contribution in [0.25, 0.3) is 0 Å². The van der Waals surface area contributed by atoms with E-state index in [0.29, 0.717) is 5.41 Å². The van der Waals surface area contributed by atoms with Crippen molar-refractivity contribution >= 4 is 0 Å². The van der Waals surface area contributed by atoms with Crippen LogP contribution >= 0.6 is 0 Å². The lowest BCUT2D eigenvalue weighted by Gasteiger charge is -2.32. The molecule has 0 heterocycles. The van der Waals surface area contributed by atoms with Crippen LogP contribution in [0.2, 0.25) is 0 Å². The molecule has 136 valence electrons. The van der Waals surface area contributed by atoms with Gasteiger partial charge in [0.05, 0.1) is 0 Å². The van der Waals surface area contributed by atoms with E-state index in [1.54, 1.807) is 0 Å². The second-order valence-corrected chi connectivity index (χ2v) is 9.27. The number of nitrogens with one attached hydrogen (secondary N) is 2. The number of hydrogen-bond donors (Lipinski definition) is 2. The summed E-state index contributed by atoms with van der Waals surface area (Å²) in [6.07, 6.45) is 16.9. The first-order chi connectivity index (χ1) is 11.1. The van der Waals surface area contributed by atoms with E-state index in [1.165, 1.54) is 90.1 Å². The molecule has 23 heavy (non-hydrogen) atoms. The van der Waals surface area contributed by atoms with Gasteiger partial charge in [-0.05, 0) is 56.4 Å². The Morgan fingerprint density at radius 1 is 0.826 bits per heavy atom. The van der Waals surface area contributed by atoms with Crippen LogP contribution in [0.4, 0.5) is 0 Å². The maximum atomic E-state index is 3.86. The zero-order chi connectivity index (χ0) is 16.5. The summed E-state index contributed by atoms with van der Waals surface area (Å²) in [6, 6.07) is 1.61. The van der Waals surface area contributed by atoms with E-state index in [9.17, 15) is 0 Å². The third-order valence-corrected chi connectivity index (χ3v) is 6.05. The molecule has 0 saturated heterocycles. The normalized spacial score (nSPS) is 23.1. The van der Waals surface area contributed by atoms with E-state index in [4.69, 9.17) is 0 Å². The Balaban J connectivity index is 1.57. The van der Waals surface area contributed by atoms with Crippen LogP contribution < -0.4 is 10.6 Å². The largest absolute Gasteiger partial charge is 0.314 e. The molecule has 2 heteroatoms. The SMILES string of the molecule is CC(CCNC1CCCCC1)CC(C)(C)CNC1CCCCC1. The van der Waals surface area contributed by atoms with E-state index in [0.717, 1.165) is 18.0 Å². The molecular formula is C21H42N2. The zero-order valence-electron chi connectivity index (χ0n) is 16.1. The summed E-state index contributed by atoms with van der Waals surface area (Å²) in [5.74, 6) is 0.828. The molecule has 0 amide bonds. The lowest BCUT2D eigenvalue weighted by molar-refractivity contribution is 0.232. The van der Waals surface area contributed by atoms with Crippen molar-refractivity contribution in [2.45, 2.75) is 110 Å². The van der Waals surface area contributed by atoms with Gasteiger partial charge in [0.15, 0.2) is 0 Å². The van der Waals surface area contributed by atoms with Gasteiger partial charge >= 0.3 is 0 Å². The maximum Gasteiger partial charge on any atom is 0.00672 e. The molecule has 2 saturated carbocycles. The first kappa shape index (κ1) is 19.2. The average molecular weight is 323 g/mol. The Kier molecular flexibility index (Phi) is 8.40. The highest BCUT2D eigenvalue weighted by atomic mass is 14.9. The summed E-state index contributed by atoms with van der Waals surface area (Å²) in [7, 11) is 0. The summed E-state index contributed by atoms with van der Waals surface area (Å²) >= 11 is 0. The van der Waals surface area contributed by atoms with Crippen LogP contribution in [-0.4, -0.2) is 25.2 Å². The van der Waals surface area contributed by atoms with Crippen molar-refractivity contribution in [3.63, 3.8) is 0 Å². The molecule has 1 atom stereocenters. The standard InChI is InChI=1S/C21H42N2/c1-18(14-15-22-19-10-6-4-7-11-19)16-21(2,3)17-23-20-12-8-5-9-13-20/h18-20,22-23H,4-17H2,1-3H3. The monoisotopic (exact) mass is 322 g/mol. The molecule has 1 unspecified atom stereocenters. The zero-order valence-corrected chi connectivity index (χ0v) is 16.1. The molecule has 2 rings (SSSR count). The fraction of sp³-hybridized carbons (Fsp3) is 1.00. The van der Waals surface area contributed by atoms with Crippen molar-refractivity contribution in [3.8, 4) is 0 Å². The molecule has 0 radical (unpaired) electrons. The molecule has 2 nitrogen and oxygen atoms in total. The van der Waals surface area contributed by atoms with Crippen molar-refractivity contribution in [1.29, 1.82) is 0 Å². The van der Waals surface area contributed by atoms with Gasteiger partial charge in [-0.25, -0.2) is 0 Å². The second-order valence-electron chi connectivity index (χ2n) is 9.27. The van der Waals surface area contributed by atoms with E-state index >= 15 is 0 Å². The van der Waals surface area contributed by atoms with Crippen LogP contribution in [0.5, 0.6) is 0 Å². The van der Waals surface area contributed by atoms with Crippen molar-refractivity contribution in [2.75, 3.05) is 13.1 Å². The summed E-state index contributed by atoms with van der Waals surface area (Å²) < 4.78 is 0. The van der Waals surface area contributed by atoms with Gasteiger partial charge in [0.1, 0.15) is 0 Å². The van der Waals surface area contributed by atoms with E-state index in [2.05, 4.69) is 31.4 Å². The fourth-order valence-electron chi connectivity index (χ4n) is 4.69. The highest BCUT2D eigenvalue weighted by Crippen LogP contribution is 2.27. The van der Waals surface area contributed by atoms with Gasteiger partial charge < -0.3 is 10.6 Å². The van der Waals surface area contributed by atoms with Crippen LogP contribution in [0, 0.1) is 11.3 Å². The van der Waals surface area contributed by atoms with Crippen LogP contribution in [0.15, 0.2) is 0 Å². The van der Waals surface area contributed by atoms with Crippen molar-refractivity contribution in [1.82, 2.24) is 10.6 Å².